The average molecular weight is 383 g/mol. The molecule has 1 atom stereocenters. The molecule has 1 unspecified atom stereocenters. The van der Waals surface area contributed by atoms with E-state index in [9.17, 15) is 0 Å². The highest BCUT2D eigenvalue weighted by molar-refractivity contribution is 5.56. The molecule has 28 heavy (non-hydrogen) atoms. The quantitative estimate of drug-likeness (QED) is 0.754. The van der Waals surface area contributed by atoms with Crippen molar-refractivity contribution in [1.29, 1.82) is 0 Å². The number of benzene rings is 1. The summed E-state index contributed by atoms with van der Waals surface area (Å²) in [6, 6.07) is 7.48. The summed E-state index contributed by atoms with van der Waals surface area (Å²) >= 11 is 0. The summed E-state index contributed by atoms with van der Waals surface area (Å²) in [4.78, 5) is 5.16. The number of hydrogen-bond donors (Lipinski definition) is 0. The Hall–Kier alpha value is -1.95. The minimum Gasteiger partial charge on any atom is -0.369 e. The fourth-order valence-electron chi connectivity index (χ4n) is 4.93. The van der Waals surface area contributed by atoms with Gasteiger partial charge in [0.25, 0.3) is 0 Å². The van der Waals surface area contributed by atoms with Crippen molar-refractivity contribution in [1.82, 2.24) is 25.1 Å². The number of aromatic nitrogens is 4. The molecular weight excluding hydrogens is 348 g/mol. The molecule has 4 rings (SSSR count). The number of anilines is 1. The second-order valence-electron chi connectivity index (χ2n) is 8.47. The maximum absolute atomic E-state index is 4.50. The number of tetrazole rings is 1. The zero-order valence-corrected chi connectivity index (χ0v) is 17.6. The lowest BCUT2D eigenvalue weighted by Crippen LogP contribution is -2.48. The van der Waals surface area contributed by atoms with Crippen molar-refractivity contribution in [2.24, 2.45) is 0 Å². The molecule has 2 heterocycles. The SMILES string of the molecule is CCCC(c1nnnn1C1CCCC1)N1CCN(c2cccc(C)c2C)CC1. The van der Waals surface area contributed by atoms with Crippen molar-refractivity contribution in [3.05, 3.63) is 35.2 Å². The maximum atomic E-state index is 4.50. The first kappa shape index (κ1) is 19.4. The van der Waals surface area contributed by atoms with Gasteiger partial charge in [0.2, 0.25) is 0 Å². The molecular formula is C22H34N6. The molecule has 2 aromatic rings. The normalized spacial score (nSPS) is 20.0. The first-order chi connectivity index (χ1) is 13.7. The summed E-state index contributed by atoms with van der Waals surface area (Å²) in [7, 11) is 0. The third-order valence-corrected chi connectivity index (χ3v) is 6.72. The van der Waals surface area contributed by atoms with Gasteiger partial charge < -0.3 is 4.90 Å². The van der Waals surface area contributed by atoms with Crippen molar-refractivity contribution < 1.29 is 0 Å². The zero-order chi connectivity index (χ0) is 19.5. The van der Waals surface area contributed by atoms with Crippen molar-refractivity contribution in [2.75, 3.05) is 31.1 Å². The van der Waals surface area contributed by atoms with Gasteiger partial charge in [0.1, 0.15) is 0 Å². The van der Waals surface area contributed by atoms with Crippen LogP contribution < -0.4 is 4.90 Å². The molecule has 0 amide bonds. The molecule has 1 aliphatic carbocycles. The smallest absolute Gasteiger partial charge is 0.168 e. The summed E-state index contributed by atoms with van der Waals surface area (Å²) in [5, 5.41) is 13.0. The van der Waals surface area contributed by atoms with Crippen molar-refractivity contribution >= 4 is 5.69 Å². The largest absolute Gasteiger partial charge is 0.369 e. The zero-order valence-electron chi connectivity index (χ0n) is 17.6. The summed E-state index contributed by atoms with van der Waals surface area (Å²) < 4.78 is 2.16. The van der Waals surface area contributed by atoms with E-state index in [1.165, 1.54) is 42.5 Å². The average Bonchev–Trinajstić information content (AvgIpc) is 3.40. The van der Waals surface area contributed by atoms with E-state index < -0.39 is 0 Å². The molecule has 1 aromatic heterocycles. The molecule has 0 radical (unpaired) electrons. The van der Waals surface area contributed by atoms with Gasteiger partial charge in [0, 0.05) is 31.9 Å². The lowest BCUT2D eigenvalue weighted by molar-refractivity contribution is 0.161. The van der Waals surface area contributed by atoms with E-state index >= 15 is 0 Å². The minimum atomic E-state index is 0.335. The fourth-order valence-corrected chi connectivity index (χ4v) is 4.93. The molecule has 1 saturated heterocycles. The van der Waals surface area contributed by atoms with Crippen LogP contribution in [0.25, 0.3) is 0 Å². The fraction of sp³-hybridized carbons (Fsp3) is 0.682. The maximum Gasteiger partial charge on any atom is 0.168 e. The number of aryl methyl sites for hydroxylation is 1. The van der Waals surface area contributed by atoms with Gasteiger partial charge in [-0.3, -0.25) is 4.90 Å². The lowest BCUT2D eigenvalue weighted by Gasteiger charge is -2.40. The van der Waals surface area contributed by atoms with Gasteiger partial charge in [-0.2, -0.15) is 0 Å². The Labute approximate surface area is 168 Å². The van der Waals surface area contributed by atoms with E-state index in [1.54, 1.807) is 0 Å². The number of piperazine rings is 1. The van der Waals surface area contributed by atoms with Crippen LogP contribution in [0.15, 0.2) is 18.2 Å². The number of hydrogen-bond acceptors (Lipinski definition) is 5. The molecule has 2 fully saturated rings. The second-order valence-corrected chi connectivity index (χ2v) is 8.47. The second kappa shape index (κ2) is 8.60. The Morgan fingerprint density at radius 3 is 2.54 bits per heavy atom. The highest BCUT2D eigenvalue weighted by atomic mass is 15.6. The highest BCUT2D eigenvalue weighted by Crippen LogP contribution is 2.33. The van der Waals surface area contributed by atoms with Crippen LogP contribution in [0.2, 0.25) is 0 Å². The Kier molecular flexibility index (Phi) is 5.95. The summed E-state index contributed by atoms with van der Waals surface area (Å²) in [6.07, 6.45) is 7.32. The predicted octanol–water partition coefficient (Wildman–Crippen LogP) is 4.07. The van der Waals surface area contributed by atoms with Crippen LogP contribution in [0.4, 0.5) is 5.69 Å². The van der Waals surface area contributed by atoms with Crippen molar-refractivity contribution in [3.8, 4) is 0 Å². The van der Waals surface area contributed by atoms with Crippen LogP contribution in [0.5, 0.6) is 0 Å². The Morgan fingerprint density at radius 1 is 1.07 bits per heavy atom. The summed E-state index contributed by atoms with van der Waals surface area (Å²) in [5.41, 5.74) is 4.17. The number of nitrogens with zero attached hydrogens (tertiary/aromatic N) is 6. The molecule has 0 bridgehead atoms. The van der Waals surface area contributed by atoms with Crippen molar-refractivity contribution in [2.45, 2.75) is 71.4 Å². The van der Waals surface area contributed by atoms with Crippen LogP contribution in [0, 0.1) is 13.8 Å². The highest BCUT2D eigenvalue weighted by Gasteiger charge is 2.31. The Bertz CT molecular complexity index is 771. The molecule has 0 spiro atoms. The summed E-state index contributed by atoms with van der Waals surface area (Å²) in [6.45, 7) is 11.0. The van der Waals surface area contributed by atoms with Crippen LogP contribution in [0.3, 0.4) is 0 Å². The first-order valence-corrected chi connectivity index (χ1v) is 11.0. The van der Waals surface area contributed by atoms with Gasteiger partial charge in [-0.15, -0.1) is 5.10 Å². The Balaban J connectivity index is 1.49. The van der Waals surface area contributed by atoms with E-state index in [-0.39, 0.29) is 0 Å². The molecule has 1 saturated carbocycles. The van der Waals surface area contributed by atoms with Crippen LogP contribution >= 0.6 is 0 Å². The third-order valence-electron chi connectivity index (χ3n) is 6.72. The summed E-state index contributed by atoms with van der Waals surface area (Å²) in [5.74, 6) is 1.09. The first-order valence-electron chi connectivity index (χ1n) is 11.0. The van der Waals surface area contributed by atoms with Crippen LogP contribution in [-0.4, -0.2) is 51.3 Å². The van der Waals surface area contributed by atoms with Crippen LogP contribution in [0.1, 0.15) is 74.5 Å². The molecule has 6 nitrogen and oxygen atoms in total. The monoisotopic (exact) mass is 382 g/mol. The van der Waals surface area contributed by atoms with Gasteiger partial charge in [-0.05, 0) is 60.7 Å². The minimum absolute atomic E-state index is 0.335. The van der Waals surface area contributed by atoms with Gasteiger partial charge in [-0.1, -0.05) is 38.3 Å². The molecule has 1 aliphatic heterocycles. The molecule has 1 aromatic carbocycles. The number of rotatable bonds is 6. The van der Waals surface area contributed by atoms with E-state index in [2.05, 4.69) is 69.0 Å². The van der Waals surface area contributed by atoms with E-state index in [0.717, 1.165) is 44.8 Å². The van der Waals surface area contributed by atoms with Gasteiger partial charge in [0.15, 0.2) is 5.82 Å². The molecule has 6 heteroatoms. The molecule has 0 N–H and O–H groups in total. The third kappa shape index (κ3) is 3.79. The predicted molar refractivity (Wildman–Crippen MR) is 113 cm³/mol. The lowest BCUT2D eigenvalue weighted by atomic mass is 10.0. The van der Waals surface area contributed by atoms with Gasteiger partial charge >= 0.3 is 0 Å². The van der Waals surface area contributed by atoms with E-state index in [1.807, 2.05) is 0 Å². The van der Waals surface area contributed by atoms with Crippen LogP contribution in [-0.2, 0) is 0 Å². The van der Waals surface area contributed by atoms with Gasteiger partial charge in [0.05, 0.1) is 12.1 Å². The Morgan fingerprint density at radius 2 is 1.82 bits per heavy atom. The standard InChI is InChI=1S/C22H34N6/c1-4-8-21(22-23-24-25-28(22)19-10-5-6-11-19)27-15-13-26(14-16-27)20-12-7-9-17(2)18(20)3/h7,9,12,19,21H,4-6,8,10-11,13-16H2,1-3H3. The van der Waals surface area contributed by atoms with E-state index in [4.69, 9.17) is 0 Å². The van der Waals surface area contributed by atoms with E-state index in [0.29, 0.717) is 12.1 Å². The molecule has 152 valence electrons. The molecule has 2 aliphatic rings. The van der Waals surface area contributed by atoms with Gasteiger partial charge in [-0.25, -0.2) is 4.68 Å². The van der Waals surface area contributed by atoms with Crippen molar-refractivity contribution in [3.63, 3.8) is 0 Å². The topological polar surface area (TPSA) is 50.1 Å².